The summed E-state index contributed by atoms with van der Waals surface area (Å²) < 4.78 is 0. The Morgan fingerprint density at radius 1 is 1.37 bits per heavy atom. The van der Waals surface area contributed by atoms with Gasteiger partial charge >= 0.3 is 0 Å². The van der Waals surface area contributed by atoms with E-state index >= 15 is 0 Å². The molecule has 0 saturated carbocycles. The first-order valence-corrected chi connectivity index (χ1v) is 6.82. The molecule has 1 amide bonds. The molecule has 0 fully saturated rings. The number of aromatic amines is 1. The summed E-state index contributed by atoms with van der Waals surface area (Å²) in [6, 6.07) is 7.58. The first-order chi connectivity index (χ1) is 9.34. The van der Waals surface area contributed by atoms with Gasteiger partial charge in [0.25, 0.3) is 5.91 Å². The molecular weight excluding hydrogens is 260 g/mol. The maximum Gasteiger partial charge on any atom is 0.272 e. The Morgan fingerprint density at radius 3 is 3.11 bits per heavy atom. The lowest BCUT2D eigenvalue weighted by Crippen LogP contribution is -2.26. The number of rotatable bonds is 4. The summed E-state index contributed by atoms with van der Waals surface area (Å²) in [7, 11) is 0. The number of benzene rings is 1. The number of carbonyl (C=O) groups is 1. The number of aromatic nitrogens is 3. The van der Waals surface area contributed by atoms with Crippen LogP contribution in [0, 0.1) is 0 Å². The van der Waals surface area contributed by atoms with Crippen LogP contribution in [0.1, 0.15) is 15.5 Å². The summed E-state index contributed by atoms with van der Waals surface area (Å²) in [6.45, 7) is 0.563. The largest absolute Gasteiger partial charge is 0.350 e. The quantitative estimate of drug-likeness (QED) is 0.763. The molecule has 3 aromatic rings. The molecule has 19 heavy (non-hydrogen) atoms. The number of para-hydroxylation sites is 1. The molecule has 2 aromatic heterocycles. The van der Waals surface area contributed by atoms with Gasteiger partial charge in [-0.2, -0.15) is 5.10 Å². The van der Waals surface area contributed by atoms with Crippen LogP contribution in [0.2, 0.25) is 0 Å². The van der Waals surface area contributed by atoms with Gasteiger partial charge in [0.05, 0.1) is 10.5 Å². The van der Waals surface area contributed by atoms with Gasteiger partial charge in [-0.3, -0.25) is 9.89 Å². The van der Waals surface area contributed by atoms with Crippen molar-refractivity contribution in [2.45, 2.75) is 6.42 Å². The number of carbonyl (C=O) groups excluding carboxylic acids is 1. The fourth-order valence-electron chi connectivity index (χ4n) is 1.88. The van der Waals surface area contributed by atoms with E-state index in [1.807, 2.05) is 29.6 Å². The van der Waals surface area contributed by atoms with Crippen molar-refractivity contribution in [3.8, 4) is 0 Å². The van der Waals surface area contributed by atoms with Gasteiger partial charge < -0.3 is 5.32 Å². The van der Waals surface area contributed by atoms with Crippen molar-refractivity contribution in [3.63, 3.8) is 0 Å². The van der Waals surface area contributed by atoms with Gasteiger partial charge in [0.1, 0.15) is 0 Å². The summed E-state index contributed by atoms with van der Waals surface area (Å²) in [5, 5.41) is 13.6. The number of H-pyrrole nitrogens is 1. The molecule has 0 bridgehead atoms. The highest BCUT2D eigenvalue weighted by Gasteiger charge is 2.12. The Balaban J connectivity index is 1.67. The van der Waals surface area contributed by atoms with Crippen molar-refractivity contribution in [2.75, 3.05) is 6.54 Å². The second-order valence-corrected chi connectivity index (χ2v) is 5.03. The molecule has 5 nitrogen and oxygen atoms in total. The maximum absolute atomic E-state index is 12.0. The van der Waals surface area contributed by atoms with Crippen LogP contribution >= 0.6 is 11.3 Å². The molecule has 2 N–H and O–H groups in total. The first kappa shape index (κ1) is 11.9. The van der Waals surface area contributed by atoms with Gasteiger partial charge in [-0.15, -0.1) is 11.3 Å². The minimum atomic E-state index is -0.158. The third-order valence-corrected chi connectivity index (χ3v) is 3.63. The molecule has 0 spiro atoms. The number of nitrogens with zero attached hydrogens (tertiary/aromatic N) is 2. The number of hydrogen-bond acceptors (Lipinski definition) is 4. The van der Waals surface area contributed by atoms with Crippen molar-refractivity contribution >= 4 is 28.1 Å². The Bertz CT molecular complexity index is 690. The van der Waals surface area contributed by atoms with E-state index in [2.05, 4.69) is 20.5 Å². The molecule has 0 atom stereocenters. The molecule has 3 rings (SSSR count). The van der Waals surface area contributed by atoms with Gasteiger partial charge in [-0.1, -0.05) is 18.2 Å². The standard InChI is InChI=1S/C13H12N4OS/c18-13(15-6-5-11-14-7-8-19-11)12-9-3-1-2-4-10(9)16-17-12/h1-4,7-8H,5-6H2,(H,15,18)(H,16,17). The SMILES string of the molecule is O=C(NCCc1nccs1)c1n[nH]c2ccccc12. The van der Waals surface area contributed by atoms with Crippen molar-refractivity contribution < 1.29 is 4.79 Å². The third-order valence-electron chi connectivity index (χ3n) is 2.79. The van der Waals surface area contributed by atoms with Crippen molar-refractivity contribution in [3.05, 3.63) is 46.5 Å². The topological polar surface area (TPSA) is 70.7 Å². The second kappa shape index (κ2) is 5.19. The van der Waals surface area contributed by atoms with E-state index in [0.29, 0.717) is 12.2 Å². The van der Waals surface area contributed by atoms with E-state index in [0.717, 1.165) is 22.3 Å². The number of thiazole rings is 1. The normalized spacial score (nSPS) is 10.7. The van der Waals surface area contributed by atoms with Gasteiger partial charge in [0.15, 0.2) is 5.69 Å². The van der Waals surface area contributed by atoms with Crippen LogP contribution in [0.5, 0.6) is 0 Å². The average molecular weight is 272 g/mol. The molecule has 0 aliphatic rings. The summed E-state index contributed by atoms with van der Waals surface area (Å²) in [5.41, 5.74) is 1.31. The molecule has 2 heterocycles. The Labute approximate surface area is 113 Å². The molecule has 6 heteroatoms. The van der Waals surface area contributed by atoms with Gasteiger partial charge in [-0.05, 0) is 6.07 Å². The number of hydrogen-bond donors (Lipinski definition) is 2. The summed E-state index contributed by atoms with van der Waals surface area (Å²) in [5.74, 6) is -0.158. The predicted molar refractivity (Wildman–Crippen MR) is 74.2 cm³/mol. The predicted octanol–water partition coefficient (Wildman–Crippen LogP) is 1.99. The molecular formula is C13H12N4OS. The van der Waals surface area contributed by atoms with Crippen molar-refractivity contribution in [1.82, 2.24) is 20.5 Å². The zero-order valence-electron chi connectivity index (χ0n) is 10.1. The van der Waals surface area contributed by atoms with Gasteiger partial charge in [0.2, 0.25) is 0 Å². The van der Waals surface area contributed by atoms with Crippen LogP contribution in [0.4, 0.5) is 0 Å². The van der Waals surface area contributed by atoms with Gasteiger partial charge in [-0.25, -0.2) is 4.98 Å². The van der Waals surface area contributed by atoms with Gasteiger partial charge in [0, 0.05) is 29.9 Å². The highest BCUT2D eigenvalue weighted by atomic mass is 32.1. The summed E-state index contributed by atoms with van der Waals surface area (Å²) in [4.78, 5) is 16.2. The van der Waals surface area contributed by atoms with Crippen LogP contribution in [-0.2, 0) is 6.42 Å². The molecule has 0 saturated heterocycles. The molecule has 0 aliphatic carbocycles. The monoisotopic (exact) mass is 272 g/mol. The zero-order chi connectivity index (χ0) is 13.1. The number of nitrogens with one attached hydrogen (secondary N) is 2. The van der Waals surface area contributed by atoms with Crippen molar-refractivity contribution in [1.29, 1.82) is 0 Å². The van der Waals surface area contributed by atoms with Crippen LogP contribution in [0.15, 0.2) is 35.8 Å². The summed E-state index contributed by atoms with van der Waals surface area (Å²) in [6.07, 6.45) is 2.51. The minimum absolute atomic E-state index is 0.158. The average Bonchev–Trinajstić information content (AvgIpc) is 3.07. The molecule has 96 valence electrons. The Hall–Kier alpha value is -2.21. The van der Waals surface area contributed by atoms with E-state index in [1.54, 1.807) is 17.5 Å². The van der Waals surface area contributed by atoms with E-state index in [4.69, 9.17) is 0 Å². The minimum Gasteiger partial charge on any atom is -0.350 e. The molecule has 0 unspecified atom stereocenters. The maximum atomic E-state index is 12.0. The Kier molecular flexibility index (Phi) is 3.24. The zero-order valence-corrected chi connectivity index (χ0v) is 10.9. The highest BCUT2D eigenvalue weighted by Crippen LogP contribution is 2.14. The fourth-order valence-corrected chi connectivity index (χ4v) is 2.50. The second-order valence-electron chi connectivity index (χ2n) is 4.05. The fraction of sp³-hybridized carbons (Fsp3) is 0.154. The van der Waals surface area contributed by atoms with E-state index in [9.17, 15) is 4.79 Å². The highest BCUT2D eigenvalue weighted by molar-refractivity contribution is 7.09. The number of amides is 1. The lowest BCUT2D eigenvalue weighted by Gasteiger charge is -2.01. The number of fused-ring (bicyclic) bond motifs is 1. The van der Waals surface area contributed by atoms with Crippen LogP contribution in [0.25, 0.3) is 10.9 Å². The van der Waals surface area contributed by atoms with E-state index in [1.165, 1.54) is 0 Å². The third kappa shape index (κ3) is 2.48. The lowest BCUT2D eigenvalue weighted by molar-refractivity contribution is 0.0950. The Morgan fingerprint density at radius 2 is 2.26 bits per heavy atom. The smallest absolute Gasteiger partial charge is 0.272 e. The molecule has 0 radical (unpaired) electrons. The van der Waals surface area contributed by atoms with Crippen LogP contribution in [-0.4, -0.2) is 27.6 Å². The summed E-state index contributed by atoms with van der Waals surface area (Å²) >= 11 is 1.59. The lowest BCUT2D eigenvalue weighted by atomic mass is 10.2. The van der Waals surface area contributed by atoms with E-state index in [-0.39, 0.29) is 5.91 Å². The van der Waals surface area contributed by atoms with Crippen molar-refractivity contribution in [2.24, 2.45) is 0 Å². The van der Waals surface area contributed by atoms with E-state index < -0.39 is 0 Å². The molecule has 0 aliphatic heterocycles. The van der Waals surface area contributed by atoms with Crippen LogP contribution in [0.3, 0.4) is 0 Å². The molecule has 1 aromatic carbocycles. The van der Waals surface area contributed by atoms with Crippen LogP contribution < -0.4 is 5.32 Å². The first-order valence-electron chi connectivity index (χ1n) is 5.94.